The molecule has 2 aliphatic rings. The molecule has 0 bridgehead atoms. The van der Waals surface area contributed by atoms with Crippen LogP contribution < -0.4 is 0 Å². The number of piperidine rings is 2. The summed E-state index contributed by atoms with van der Waals surface area (Å²) in [5.41, 5.74) is 4.56. The van der Waals surface area contributed by atoms with Gasteiger partial charge >= 0.3 is 0 Å². The maximum atomic E-state index is 2.70. The van der Waals surface area contributed by atoms with Crippen LogP contribution in [0.15, 0.2) is 54.6 Å². The summed E-state index contributed by atoms with van der Waals surface area (Å²) in [6, 6.07) is 22.0. The largest absolute Gasteiger partial charge is 0.300 e. The lowest BCUT2D eigenvalue weighted by Crippen LogP contribution is -2.40. The monoisotopic (exact) mass is 404 g/mol. The van der Waals surface area contributed by atoms with Crippen LogP contribution in [-0.2, 0) is 6.42 Å². The third kappa shape index (κ3) is 5.34. The van der Waals surface area contributed by atoms with Gasteiger partial charge in [-0.05, 0) is 101 Å². The van der Waals surface area contributed by atoms with E-state index in [1.807, 2.05) is 0 Å². The molecule has 0 amide bonds. The van der Waals surface area contributed by atoms with E-state index >= 15 is 0 Å². The highest BCUT2D eigenvalue weighted by Gasteiger charge is 2.25. The zero-order valence-corrected chi connectivity index (χ0v) is 19.3. The van der Waals surface area contributed by atoms with Gasteiger partial charge in [-0.25, -0.2) is 0 Å². The minimum Gasteiger partial charge on any atom is -0.300 e. The summed E-state index contributed by atoms with van der Waals surface area (Å²) in [5, 5.41) is 0. The van der Waals surface area contributed by atoms with Crippen molar-refractivity contribution < 1.29 is 0 Å². The van der Waals surface area contributed by atoms with Gasteiger partial charge in [-0.15, -0.1) is 0 Å². The molecule has 162 valence electrons. The van der Waals surface area contributed by atoms with Crippen LogP contribution in [0, 0.1) is 0 Å². The van der Waals surface area contributed by atoms with Gasteiger partial charge in [-0.1, -0.05) is 54.6 Å². The third-order valence-corrected chi connectivity index (χ3v) is 7.59. The van der Waals surface area contributed by atoms with Gasteiger partial charge in [0, 0.05) is 18.6 Å². The molecule has 4 rings (SSSR count). The maximum absolute atomic E-state index is 2.70. The zero-order valence-electron chi connectivity index (χ0n) is 19.3. The number of rotatable bonds is 6. The SMILES string of the molecule is CC(C)N1CCCC(c2ccc(CC(C)N3CCC(c4ccccc4)CC3)cc2)C1. The van der Waals surface area contributed by atoms with Gasteiger partial charge in [0.1, 0.15) is 0 Å². The molecule has 2 unspecified atom stereocenters. The van der Waals surface area contributed by atoms with Crippen molar-refractivity contribution in [3.63, 3.8) is 0 Å². The van der Waals surface area contributed by atoms with Gasteiger partial charge in [-0.2, -0.15) is 0 Å². The fraction of sp³-hybridized carbons (Fsp3) is 0.571. The minimum absolute atomic E-state index is 0.624. The Balaban J connectivity index is 1.28. The van der Waals surface area contributed by atoms with E-state index in [1.54, 1.807) is 5.56 Å². The Morgan fingerprint density at radius 1 is 0.733 bits per heavy atom. The van der Waals surface area contributed by atoms with Crippen molar-refractivity contribution in [2.45, 2.75) is 76.8 Å². The molecule has 2 aliphatic heterocycles. The van der Waals surface area contributed by atoms with E-state index < -0.39 is 0 Å². The highest BCUT2D eigenvalue weighted by Crippen LogP contribution is 2.30. The van der Waals surface area contributed by atoms with Crippen molar-refractivity contribution in [3.05, 3.63) is 71.3 Å². The number of likely N-dealkylation sites (tertiary alicyclic amines) is 2. The number of nitrogens with zero attached hydrogens (tertiary/aromatic N) is 2. The number of hydrogen-bond donors (Lipinski definition) is 0. The average molecular weight is 405 g/mol. The molecule has 2 saturated heterocycles. The molecule has 2 aromatic carbocycles. The summed E-state index contributed by atoms with van der Waals surface area (Å²) in [7, 11) is 0. The molecule has 0 radical (unpaired) electrons. The van der Waals surface area contributed by atoms with Crippen molar-refractivity contribution >= 4 is 0 Å². The lowest BCUT2D eigenvalue weighted by atomic mass is 9.88. The summed E-state index contributed by atoms with van der Waals surface area (Å²) in [5.74, 6) is 1.46. The zero-order chi connectivity index (χ0) is 20.9. The van der Waals surface area contributed by atoms with E-state index in [9.17, 15) is 0 Å². The summed E-state index contributed by atoms with van der Waals surface area (Å²) >= 11 is 0. The summed E-state index contributed by atoms with van der Waals surface area (Å²) in [6.45, 7) is 12.0. The molecule has 2 aromatic rings. The lowest BCUT2D eigenvalue weighted by molar-refractivity contribution is 0.161. The standard InChI is InChI=1S/C28H40N2/c1-22(2)30-17-7-10-28(21-30)26-13-11-24(12-14-26)20-23(3)29-18-15-27(16-19-29)25-8-5-4-6-9-25/h4-6,8-9,11-14,22-23,27-28H,7,10,15-21H2,1-3H3. The van der Waals surface area contributed by atoms with Crippen LogP contribution in [0.5, 0.6) is 0 Å². The van der Waals surface area contributed by atoms with Gasteiger partial charge in [-0.3, -0.25) is 0 Å². The van der Waals surface area contributed by atoms with Crippen LogP contribution in [0.1, 0.15) is 75.0 Å². The fourth-order valence-corrected chi connectivity index (χ4v) is 5.54. The summed E-state index contributed by atoms with van der Waals surface area (Å²) < 4.78 is 0. The predicted molar refractivity (Wildman–Crippen MR) is 128 cm³/mol. The predicted octanol–water partition coefficient (Wildman–Crippen LogP) is 6.09. The van der Waals surface area contributed by atoms with Gasteiger partial charge < -0.3 is 9.80 Å². The van der Waals surface area contributed by atoms with Crippen LogP contribution >= 0.6 is 0 Å². The molecule has 2 fully saturated rings. The Morgan fingerprint density at radius 3 is 2.07 bits per heavy atom. The molecule has 0 spiro atoms. The summed E-state index contributed by atoms with van der Waals surface area (Å²) in [4.78, 5) is 5.35. The fourth-order valence-electron chi connectivity index (χ4n) is 5.54. The van der Waals surface area contributed by atoms with E-state index in [1.165, 1.54) is 69.4 Å². The van der Waals surface area contributed by atoms with Gasteiger partial charge in [0.2, 0.25) is 0 Å². The molecule has 2 atom stereocenters. The molecule has 0 N–H and O–H groups in total. The normalized spacial score (nSPS) is 23.0. The molecular formula is C28H40N2. The Morgan fingerprint density at radius 2 is 1.40 bits per heavy atom. The molecule has 0 aromatic heterocycles. The van der Waals surface area contributed by atoms with Crippen molar-refractivity contribution in [1.82, 2.24) is 9.80 Å². The van der Waals surface area contributed by atoms with Crippen molar-refractivity contribution in [2.24, 2.45) is 0 Å². The van der Waals surface area contributed by atoms with E-state index in [2.05, 4.69) is 85.2 Å². The van der Waals surface area contributed by atoms with Crippen molar-refractivity contribution in [1.29, 1.82) is 0 Å². The second-order valence-electron chi connectivity index (χ2n) is 9.94. The topological polar surface area (TPSA) is 6.48 Å². The van der Waals surface area contributed by atoms with E-state index in [0.717, 1.165) is 5.92 Å². The first-order valence-electron chi connectivity index (χ1n) is 12.2. The molecule has 2 nitrogen and oxygen atoms in total. The first kappa shape index (κ1) is 21.6. The number of hydrogen-bond acceptors (Lipinski definition) is 2. The van der Waals surface area contributed by atoms with Crippen LogP contribution in [0.2, 0.25) is 0 Å². The van der Waals surface area contributed by atoms with Gasteiger partial charge in [0.05, 0.1) is 0 Å². The lowest BCUT2D eigenvalue weighted by Gasteiger charge is -2.36. The maximum Gasteiger partial charge on any atom is 0.0107 e. The van der Waals surface area contributed by atoms with Crippen LogP contribution in [0.3, 0.4) is 0 Å². The minimum atomic E-state index is 0.624. The smallest absolute Gasteiger partial charge is 0.0107 e. The van der Waals surface area contributed by atoms with Crippen LogP contribution in [0.25, 0.3) is 0 Å². The van der Waals surface area contributed by atoms with Gasteiger partial charge in [0.15, 0.2) is 0 Å². The average Bonchev–Trinajstić information content (AvgIpc) is 2.80. The Labute approximate surface area is 184 Å². The van der Waals surface area contributed by atoms with Gasteiger partial charge in [0.25, 0.3) is 0 Å². The van der Waals surface area contributed by atoms with E-state index in [4.69, 9.17) is 0 Å². The van der Waals surface area contributed by atoms with Crippen LogP contribution in [-0.4, -0.2) is 48.1 Å². The Bertz CT molecular complexity index is 759. The highest BCUT2D eigenvalue weighted by molar-refractivity contribution is 5.27. The van der Waals surface area contributed by atoms with Crippen LogP contribution in [0.4, 0.5) is 0 Å². The molecule has 0 aliphatic carbocycles. The number of benzene rings is 2. The summed E-state index contributed by atoms with van der Waals surface area (Å²) in [6.07, 6.45) is 6.43. The first-order chi connectivity index (χ1) is 14.6. The third-order valence-electron chi connectivity index (χ3n) is 7.59. The quantitative estimate of drug-likeness (QED) is 0.575. The molecule has 0 saturated carbocycles. The first-order valence-corrected chi connectivity index (χ1v) is 12.2. The Hall–Kier alpha value is -1.64. The van der Waals surface area contributed by atoms with Crippen molar-refractivity contribution in [2.75, 3.05) is 26.2 Å². The second-order valence-corrected chi connectivity index (χ2v) is 9.94. The van der Waals surface area contributed by atoms with E-state index in [0.29, 0.717) is 18.0 Å². The Kier molecular flexibility index (Phi) is 7.28. The molecule has 2 heteroatoms. The second kappa shape index (κ2) is 10.1. The van der Waals surface area contributed by atoms with Crippen molar-refractivity contribution in [3.8, 4) is 0 Å². The van der Waals surface area contributed by atoms with E-state index in [-0.39, 0.29) is 0 Å². The molecule has 2 heterocycles. The highest BCUT2D eigenvalue weighted by atomic mass is 15.2. The molecule has 30 heavy (non-hydrogen) atoms. The molecular weight excluding hydrogens is 364 g/mol.